The number of likely N-dealkylation sites (tertiary alicyclic amines) is 1. The fourth-order valence-electron chi connectivity index (χ4n) is 3.19. The van der Waals surface area contributed by atoms with E-state index in [0.29, 0.717) is 18.6 Å². The molecule has 5 heteroatoms. The molecule has 3 rings (SSSR count). The smallest absolute Gasteiger partial charge is 0.223 e. The first-order valence-electron chi connectivity index (χ1n) is 7.46. The van der Waals surface area contributed by atoms with E-state index < -0.39 is 0 Å². The van der Waals surface area contributed by atoms with Gasteiger partial charge in [-0.3, -0.25) is 9.69 Å². The molecule has 1 aromatic rings. The van der Waals surface area contributed by atoms with Gasteiger partial charge in [-0.05, 0) is 32.0 Å². The van der Waals surface area contributed by atoms with Crippen LogP contribution in [0.25, 0.3) is 0 Å². The largest absolute Gasteiger partial charge is 0.375 e. The van der Waals surface area contributed by atoms with Gasteiger partial charge in [-0.2, -0.15) is 0 Å². The first-order chi connectivity index (χ1) is 9.74. The molecule has 0 aliphatic carbocycles. The molecule has 1 N–H and O–H groups in total. The molecule has 0 aromatic carbocycles. The van der Waals surface area contributed by atoms with Crippen LogP contribution in [0.3, 0.4) is 0 Å². The van der Waals surface area contributed by atoms with Crippen LogP contribution in [0.5, 0.6) is 0 Å². The van der Waals surface area contributed by atoms with Gasteiger partial charge in [0.05, 0.1) is 18.8 Å². The predicted octanol–water partition coefficient (Wildman–Crippen LogP) is 0.879. The summed E-state index contributed by atoms with van der Waals surface area (Å²) in [5.41, 5.74) is 1.13. The third-order valence-corrected chi connectivity index (χ3v) is 4.49. The summed E-state index contributed by atoms with van der Waals surface area (Å²) in [4.78, 5) is 19.8. The summed E-state index contributed by atoms with van der Waals surface area (Å²) in [7, 11) is 2.13. The molecule has 0 saturated carbocycles. The van der Waals surface area contributed by atoms with E-state index in [2.05, 4.69) is 16.9 Å². The van der Waals surface area contributed by atoms with Gasteiger partial charge >= 0.3 is 0 Å². The average molecular weight is 277 g/mol. The molecule has 0 unspecified atom stereocenters. The van der Waals surface area contributed by atoms with E-state index in [4.69, 9.17) is 4.74 Å². The molecule has 2 atom stereocenters. The number of nitrogens with one attached hydrogen (secondary N) is 1. The number of likely N-dealkylation sites (N-methyl/N-ethyl adjacent to an activating group) is 1. The van der Waals surface area contributed by atoms with Gasteiger partial charge in [0.15, 0.2) is 0 Å². The average Bonchev–Trinajstić information content (AvgIpc) is 2.98. The number of hydrogen-bond acceptors (Lipinski definition) is 3. The highest BCUT2D eigenvalue weighted by atomic mass is 16.5. The number of H-pyrrole nitrogens is 1. The monoisotopic (exact) mass is 277 g/mol. The number of aromatic amines is 1. The second-order valence-corrected chi connectivity index (χ2v) is 5.78. The molecular weight excluding hydrogens is 254 g/mol. The van der Waals surface area contributed by atoms with Crippen LogP contribution < -0.4 is 0 Å². The van der Waals surface area contributed by atoms with Gasteiger partial charge < -0.3 is 14.6 Å². The lowest BCUT2D eigenvalue weighted by atomic mass is 9.98. The van der Waals surface area contributed by atoms with Crippen molar-refractivity contribution >= 4 is 5.91 Å². The summed E-state index contributed by atoms with van der Waals surface area (Å²) in [6.07, 6.45) is 4.55. The van der Waals surface area contributed by atoms with Crippen LogP contribution in [0.2, 0.25) is 0 Å². The lowest BCUT2D eigenvalue weighted by molar-refractivity contribution is -0.141. The molecule has 5 nitrogen and oxygen atoms in total. The third-order valence-electron chi connectivity index (χ3n) is 4.49. The molecule has 2 fully saturated rings. The Morgan fingerprint density at radius 1 is 1.50 bits per heavy atom. The van der Waals surface area contributed by atoms with Crippen LogP contribution in [0.15, 0.2) is 18.3 Å². The van der Waals surface area contributed by atoms with Gasteiger partial charge in [0.1, 0.15) is 0 Å². The minimum absolute atomic E-state index is 0.261. The number of aromatic nitrogens is 1. The van der Waals surface area contributed by atoms with Crippen molar-refractivity contribution in [2.45, 2.75) is 31.4 Å². The molecule has 110 valence electrons. The lowest BCUT2D eigenvalue weighted by Crippen LogP contribution is -2.59. The summed E-state index contributed by atoms with van der Waals surface area (Å²) in [6.45, 7) is 3.42. The van der Waals surface area contributed by atoms with Crippen LogP contribution in [0.1, 0.15) is 18.5 Å². The number of carbonyl (C=O) groups excluding carboxylic acids is 1. The summed E-state index contributed by atoms with van der Waals surface area (Å²) in [6, 6.07) is 4.37. The number of rotatable bonds is 3. The zero-order chi connectivity index (χ0) is 13.9. The topological polar surface area (TPSA) is 48.6 Å². The molecular formula is C15H23N3O2. The zero-order valence-corrected chi connectivity index (χ0v) is 12.0. The van der Waals surface area contributed by atoms with Crippen molar-refractivity contribution in [3.8, 4) is 0 Å². The number of piperidine rings is 1. The lowest BCUT2D eigenvalue weighted by Gasteiger charge is -2.45. The summed E-state index contributed by atoms with van der Waals surface area (Å²) < 4.78 is 5.81. The molecule has 2 aliphatic rings. The van der Waals surface area contributed by atoms with Crippen molar-refractivity contribution < 1.29 is 9.53 Å². The first-order valence-corrected chi connectivity index (χ1v) is 7.46. The van der Waals surface area contributed by atoms with Gasteiger partial charge in [0.2, 0.25) is 5.91 Å². The molecule has 2 aliphatic heterocycles. The number of ether oxygens (including phenoxy) is 1. The second kappa shape index (κ2) is 5.97. The molecule has 20 heavy (non-hydrogen) atoms. The van der Waals surface area contributed by atoms with E-state index >= 15 is 0 Å². The molecule has 2 saturated heterocycles. The molecule has 0 spiro atoms. The highest BCUT2D eigenvalue weighted by molar-refractivity contribution is 5.76. The second-order valence-electron chi connectivity index (χ2n) is 5.78. The Labute approximate surface area is 119 Å². The molecule has 3 heterocycles. The predicted molar refractivity (Wildman–Crippen MR) is 76.5 cm³/mol. The van der Waals surface area contributed by atoms with Crippen LogP contribution in [0, 0.1) is 0 Å². The van der Waals surface area contributed by atoms with E-state index in [-0.39, 0.29) is 5.91 Å². The fraction of sp³-hybridized carbons (Fsp3) is 0.667. The molecule has 1 amide bonds. The Balaban J connectivity index is 1.53. The van der Waals surface area contributed by atoms with Crippen LogP contribution in [-0.4, -0.2) is 66.1 Å². The number of carbonyl (C=O) groups is 1. The van der Waals surface area contributed by atoms with Gasteiger partial charge in [-0.15, -0.1) is 0 Å². The number of amides is 1. The van der Waals surface area contributed by atoms with Crippen LogP contribution in [0.4, 0.5) is 0 Å². The zero-order valence-electron chi connectivity index (χ0n) is 12.0. The van der Waals surface area contributed by atoms with Crippen molar-refractivity contribution in [2.75, 3.05) is 33.3 Å². The summed E-state index contributed by atoms with van der Waals surface area (Å²) in [5, 5.41) is 0. The minimum Gasteiger partial charge on any atom is -0.375 e. The van der Waals surface area contributed by atoms with Crippen LogP contribution in [-0.2, 0) is 16.0 Å². The van der Waals surface area contributed by atoms with Crippen molar-refractivity contribution in [1.82, 2.24) is 14.8 Å². The Kier molecular flexibility index (Phi) is 4.08. The van der Waals surface area contributed by atoms with E-state index in [1.165, 1.54) is 0 Å². The van der Waals surface area contributed by atoms with Gasteiger partial charge in [0.25, 0.3) is 0 Å². The van der Waals surface area contributed by atoms with E-state index in [0.717, 1.165) is 44.8 Å². The van der Waals surface area contributed by atoms with Crippen molar-refractivity contribution in [1.29, 1.82) is 0 Å². The van der Waals surface area contributed by atoms with E-state index in [1.807, 2.05) is 23.2 Å². The maximum atomic E-state index is 12.3. The Morgan fingerprint density at radius 3 is 3.20 bits per heavy atom. The van der Waals surface area contributed by atoms with Crippen LogP contribution >= 0.6 is 0 Å². The Hall–Kier alpha value is -1.33. The van der Waals surface area contributed by atoms with E-state index in [9.17, 15) is 4.79 Å². The highest BCUT2D eigenvalue weighted by Crippen LogP contribution is 2.22. The minimum atomic E-state index is 0.261. The Morgan fingerprint density at radius 2 is 2.40 bits per heavy atom. The van der Waals surface area contributed by atoms with Crippen molar-refractivity contribution in [3.63, 3.8) is 0 Å². The summed E-state index contributed by atoms with van der Waals surface area (Å²) >= 11 is 0. The normalized spacial score (nSPS) is 27.4. The molecule has 0 bridgehead atoms. The standard InChI is InChI=1S/C15H23N3O2/c1-17-9-10-20-14-6-8-18(11-13(14)17)15(19)5-4-12-3-2-7-16-12/h2-3,7,13-14,16H,4-6,8-11H2,1H3/t13-,14-/m0/s1. The Bertz CT molecular complexity index is 446. The first kappa shape index (κ1) is 13.6. The number of aryl methyl sites for hydroxylation is 1. The number of hydrogen-bond donors (Lipinski definition) is 1. The quantitative estimate of drug-likeness (QED) is 0.892. The maximum Gasteiger partial charge on any atom is 0.223 e. The van der Waals surface area contributed by atoms with Gasteiger partial charge in [-0.1, -0.05) is 0 Å². The van der Waals surface area contributed by atoms with Crippen molar-refractivity contribution in [3.05, 3.63) is 24.0 Å². The number of fused-ring (bicyclic) bond motifs is 1. The van der Waals surface area contributed by atoms with Gasteiger partial charge in [0, 0.05) is 37.9 Å². The third kappa shape index (κ3) is 2.88. The van der Waals surface area contributed by atoms with Crippen molar-refractivity contribution in [2.24, 2.45) is 0 Å². The SMILES string of the molecule is CN1CCO[C@H]2CCN(C(=O)CCc3ccc[nH]3)C[C@@H]21. The fourth-order valence-corrected chi connectivity index (χ4v) is 3.19. The summed E-state index contributed by atoms with van der Waals surface area (Å²) in [5.74, 6) is 0.261. The number of nitrogens with zero attached hydrogens (tertiary/aromatic N) is 2. The van der Waals surface area contributed by atoms with Gasteiger partial charge in [-0.25, -0.2) is 0 Å². The maximum absolute atomic E-state index is 12.3. The van der Waals surface area contributed by atoms with E-state index in [1.54, 1.807) is 0 Å². The molecule has 1 aromatic heterocycles. The molecule has 0 radical (unpaired) electrons. The highest BCUT2D eigenvalue weighted by Gasteiger charge is 2.36. The number of morpholine rings is 1.